The summed E-state index contributed by atoms with van der Waals surface area (Å²) in [6, 6.07) is 1.12. The molecule has 1 aliphatic heterocycles. The van der Waals surface area contributed by atoms with Crippen LogP contribution in [0, 0.1) is 17.8 Å². The second kappa shape index (κ2) is 9.14. The highest BCUT2D eigenvalue weighted by Crippen LogP contribution is 2.44. The van der Waals surface area contributed by atoms with Gasteiger partial charge in [0.05, 0.1) is 11.8 Å². The third-order valence-corrected chi connectivity index (χ3v) is 4.64. The Morgan fingerprint density at radius 1 is 1.30 bits per heavy atom. The maximum atomic E-state index is 12.3. The number of carbonyl (C=O) groups excluding carboxylic acids is 2. The summed E-state index contributed by atoms with van der Waals surface area (Å²) >= 11 is 0. The normalized spacial score (nSPS) is 25.8. The Labute approximate surface area is 171 Å². The molecular formula is C18H25N5O7. The van der Waals surface area contributed by atoms with E-state index in [4.69, 9.17) is 19.7 Å². The number of nitrogens with zero attached hydrogens (tertiary/aromatic N) is 4. The topological polar surface area (TPSA) is 165 Å². The van der Waals surface area contributed by atoms with Crippen molar-refractivity contribution in [2.75, 3.05) is 6.61 Å². The van der Waals surface area contributed by atoms with E-state index in [0.29, 0.717) is 0 Å². The molecule has 0 unspecified atom stereocenters. The zero-order valence-electron chi connectivity index (χ0n) is 17.4. The predicted octanol–water partition coefficient (Wildman–Crippen LogP) is 1.48. The largest absolute Gasteiger partial charge is 0.462 e. The molecule has 12 heteroatoms. The lowest BCUT2D eigenvalue weighted by Gasteiger charge is -2.30. The molecular weight excluding hydrogens is 398 g/mol. The molecule has 1 aromatic rings. The first-order valence-electron chi connectivity index (χ1n) is 9.45. The Hall–Kier alpha value is -3.11. The summed E-state index contributed by atoms with van der Waals surface area (Å²) in [6.45, 7) is 7.60. The van der Waals surface area contributed by atoms with E-state index in [1.165, 1.54) is 6.20 Å². The molecule has 1 aliphatic rings. The number of aromatic amines is 1. The zero-order chi connectivity index (χ0) is 22.6. The lowest BCUT2D eigenvalue weighted by molar-refractivity contribution is -0.180. The third kappa shape index (κ3) is 4.71. The number of aromatic nitrogens is 2. The highest BCUT2D eigenvalue weighted by atomic mass is 16.6. The van der Waals surface area contributed by atoms with Crippen molar-refractivity contribution in [3.05, 3.63) is 43.5 Å². The summed E-state index contributed by atoms with van der Waals surface area (Å²) in [4.78, 5) is 52.8. The van der Waals surface area contributed by atoms with Gasteiger partial charge in [0, 0.05) is 23.1 Å². The summed E-state index contributed by atoms with van der Waals surface area (Å²) < 4.78 is 17.8. The molecule has 164 valence electrons. The SMILES string of the molecule is CC(C)C(=O)OC[C@@]1(N=[N+]=[N-])O[C@@H](n2ccc(=O)[nH]c2=O)[C@@H](C)[C@@H]1OC(=O)C(C)C. The fraction of sp³-hybridized carbons (Fsp3) is 0.667. The van der Waals surface area contributed by atoms with Crippen LogP contribution in [0.25, 0.3) is 10.4 Å². The van der Waals surface area contributed by atoms with Gasteiger partial charge in [-0.15, -0.1) is 0 Å². The quantitative estimate of drug-likeness (QED) is 0.300. The van der Waals surface area contributed by atoms with E-state index in [-0.39, 0.29) is 0 Å². The fourth-order valence-electron chi connectivity index (χ4n) is 2.98. The summed E-state index contributed by atoms with van der Waals surface area (Å²) in [5.41, 5.74) is 5.88. The third-order valence-electron chi connectivity index (χ3n) is 4.64. The Morgan fingerprint density at radius 2 is 1.93 bits per heavy atom. The van der Waals surface area contributed by atoms with E-state index in [1.54, 1.807) is 34.6 Å². The first-order valence-corrected chi connectivity index (χ1v) is 9.45. The Kier molecular flexibility index (Phi) is 7.06. The summed E-state index contributed by atoms with van der Waals surface area (Å²) in [5, 5.41) is 3.67. The Morgan fingerprint density at radius 3 is 2.47 bits per heavy atom. The molecule has 0 saturated carbocycles. The number of hydrogen-bond acceptors (Lipinski definition) is 8. The van der Waals surface area contributed by atoms with E-state index < -0.39 is 65.6 Å². The first-order chi connectivity index (χ1) is 14.0. The van der Waals surface area contributed by atoms with Crippen molar-refractivity contribution in [3.63, 3.8) is 0 Å². The first kappa shape index (κ1) is 23.2. The van der Waals surface area contributed by atoms with Gasteiger partial charge in [-0.1, -0.05) is 39.7 Å². The van der Waals surface area contributed by atoms with Crippen molar-refractivity contribution < 1.29 is 23.8 Å². The molecule has 12 nitrogen and oxygen atoms in total. The van der Waals surface area contributed by atoms with Crippen LogP contribution in [-0.2, 0) is 23.8 Å². The number of carbonyl (C=O) groups is 2. The number of ether oxygens (including phenoxy) is 3. The molecule has 30 heavy (non-hydrogen) atoms. The Balaban J connectivity index is 2.51. The molecule has 0 radical (unpaired) electrons. The summed E-state index contributed by atoms with van der Waals surface area (Å²) in [7, 11) is 0. The number of azide groups is 1. The highest BCUT2D eigenvalue weighted by Gasteiger charge is 2.57. The van der Waals surface area contributed by atoms with Gasteiger partial charge in [-0.25, -0.2) is 4.79 Å². The lowest BCUT2D eigenvalue weighted by atomic mass is 9.97. The van der Waals surface area contributed by atoms with Gasteiger partial charge in [0.1, 0.15) is 18.9 Å². The average Bonchev–Trinajstić information content (AvgIpc) is 2.92. The second-order valence-corrected chi connectivity index (χ2v) is 7.69. The molecule has 1 saturated heterocycles. The van der Waals surface area contributed by atoms with Crippen molar-refractivity contribution >= 4 is 11.9 Å². The molecule has 0 aliphatic carbocycles. The molecule has 0 aromatic carbocycles. The van der Waals surface area contributed by atoms with E-state index in [0.717, 1.165) is 10.6 Å². The van der Waals surface area contributed by atoms with Crippen LogP contribution in [0.5, 0.6) is 0 Å². The second-order valence-electron chi connectivity index (χ2n) is 7.69. The summed E-state index contributed by atoms with van der Waals surface area (Å²) in [5.74, 6) is -2.80. The standard InChI is InChI=1S/C18H25N5O7/c1-9(2)15(25)28-8-18(21-22-19)13(29-16(26)10(3)4)11(5)14(30-18)23-7-6-12(24)20-17(23)27/h6-7,9-11,13-14H,8H2,1-5H3,(H,20,24,27)/t11-,13-,14+,18+/m0/s1. The molecule has 0 spiro atoms. The van der Waals surface area contributed by atoms with Gasteiger partial charge in [0.25, 0.3) is 5.56 Å². The average molecular weight is 423 g/mol. The van der Waals surface area contributed by atoms with Crippen molar-refractivity contribution in [2.24, 2.45) is 22.9 Å². The van der Waals surface area contributed by atoms with E-state index in [9.17, 15) is 19.2 Å². The maximum absolute atomic E-state index is 12.3. The van der Waals surface area contributed by atoms with E-state index in [2.05, 4.69) is 15.0 Å². The van der Waals surface area contributed by atoms with E-state index >= 15 is 0 Å². The fourth-order valence-corrected chi connectivity index (χ4v) is 2.98. The molecule has 1 N–H and O–H groups in total. The van der Waals surface area contributed by atoms with Crippen LogP contribution < -0.4 is 11.2 Å². The van der Waals surface area contributed by atoms with E-state index in [1.807, 2.05) is 0 Å². The molecule has 1 fully saturated rings. The minimum absolute atomic E-state index is 0.457. The van der Waals surface area contributed by atoms with Gasteiger partial charge in [-0.2, -0.15) is 0 Å². The van der Waals surface area contributed by atoms with Gasteiger partial charge < -0.3 is 14.2 Å². The van der Waals surface area contributed by atoms with Crippen LogP contribution in [0.1, 0.15) is 40.8 Å². The maximum Gasteiger partial charge on any atom is 0.330 e. The summed E-state index contributed by atoms with van der Waals surface area (Å²) in [6.07, 6.45) is -1.01. The molecule has 0 bridgehead atoms. The lowest BCUT2D eigenvalue weighted by Crippen LogP contribution is -2.47. The highest BCUT2D eigenvalue weighted by molar-refractivity contribution is 5.72. The van der Waals surface area contributed by atoms with Crippen LogP contribution in [0.2, 0.25) is 0 Å². The molecule has 2 rings (SSSR count). The van der Waals surface area contributed by atoms with Crippen LogP contribution in [0.4, 0.5) is 0 Å². The number of rotatable bonds is 7. The van der Waals surface area contributed by atoms with Gasteiger partial charge in [0.15, 0.2) is 0 Å². The smallest absolute Gasteiger partial charge is 0.330 e. The van der Waals surface area contributed by atoms with Gasteiger partial charge in [-0.05, 0) is 5.53 Å². The van der Waals surface area contributed by atoms with Crippen LogP contribution in [0.3, 0.4) is 0 Å². The van der Waals surface area contributed by atoms with Crippen molar-refractivity contribution in [2.45, 2.75) is 52.7 Å². The molecule has 0 amide bonds. The number of esters is 2. The number of nitrogens with one attached hydrogen (secondary N) is 1. The van der Waals surface area contributed by atoms with Crippen molar-refractivity contribution in [1.29, 1.82) is 0 Å². The van der Waals surface area contributed by atoms with Crippen molar-refractivity contribution in [3.8, 4) is 0 Å². The van der Waals surface area contributed by atoms with Gasteiger partial charge >= 0.3 is 17.6 Å². The molecule has 4 atom stereocenters. The monoisotopic (exact) mass is 423 g/mol. The van der Waals surface area contributed by atoms with Crippen LogP contribution in [-0.4, -0.2) is 39.9 Å². The van der Waals surface area contributed by atoms with Gasteiger partial charge in [0.2, 0.25) is 5.72 Å². The Bertz CT molecular complexity index is 962. The minimum Gasteiger partial charge on any atom is -0.462 e. The predicted molar refractivity (Wildman–Crippen MR) is 103 cm³/mol. The number of hydrogen-bond donors (Lipinski definition) is 1. The molecule has 1 aromatic heterocycles. The molecule has 2 heterocycles. The zero-order valence-corrected chi connectivity index (χ0v) is 17.4. The van der Waals surface area contributed by atoms with Gasteiger partial charge in [-0.3, -0.25) is 23.9 Å². The minimum atomic E-state index is -1.90. The van der Waals surface area contributed by atoms with Crippen molar-refractivity contribution in [1.82, 2.24) is 9.55 Å². The van der Waals surface area contributed by atoms with Crippen LogP contribution >= 0.6 is 0 Å². The number of H-pyrrole nitrogens is 1. The van der Waals surface area contributed by atoms with Crippen LogP contribution in [0.15, 0.2) is 27.0 Å².